The highest BCUT2D eigenvalue weighted by Gasteiger charge is 2.29. The molecule has 0 radical (unpaired) electrons. The van der Waals surface area contributed by atoms with Gasteiger partial charge in [0, 0.05) is 18.5 Å². The first-order valence-electron chi connectivity index (χ1n) is 6.94. The van der Waals surface area contributed by atoms with Crippen molar-refractivity contribution in [3.63, 3.8) is 0 Å². The first-order chi connectivity index (χ1) is 10.9. The molecule has 0 unspecified atom stereocenters. The molecule has 0 N–H and O–H groups in total. The van der Waals surface area contributed by atoms with E-state index in [1.165, 1.54) is 28.8 Å². The Morgan fingerprint density at radius 2 is 1.65 bits per heavy atom. The molecule has 0 aromatic heterocycles. The number of carbonyl (C=O) groups is 1. The van der Waals surface area contributed by atoms with Crippen molar-refractivity contribution in [2.45, 2.75) is 17.6 Å². The van der Waals surface area contributed by atoms with Gasteiger partial charge in [0.25, 0.3) is 0 Å². The monoisotopic (exact) mass is 339 g/mol. The van der Waals surface area contributed by atoms with Gasteiger partial charge >= 0.3 is 6.18 Å². The maximum atomic E-state index is 12.5. The molecule has 2 aromatic rings. The van der Waals surface area contributed by atoms with Crippen LogP contribution in [0, 0.1) is 0 Å². The van der Waals surface area contributed by atoms with Crippen LogP contribution >= 0.6 is 11.8 Å². The second kappa shape index (κ2) is 7.55. The molecule has 2 rings (SSSR count). The normalized spacial score (nSPS) is 11.3. The van der Waals surface area contributed by atoms with Crippen molar-refractivity contribution < 1.29 is 18.0 Å². The van der Waals surface area contributed by atoms with Crippen LogP contribution in [0.15, 0.2) is 59.5 Å². The van der Waals surface area contributed by atoms with Gasteiger partial charge in [-0.25, -0.2) is 0 Å². The fourth-order valence-electron chi connectivity index (χ4n) is 1.93. The second-order valence-corrected chi connectivity index (χ2v) is 6.09. The molecule has 6 heteroatoms. The Kier molecular flexibility index (Phi) is 5.71. The third-order valence-electron chi connectivity index (χ3n) is 3.23. The van der Waals surface area contributed by atoms with Crippen LogP contribution in [0.1, 0.15) is 11.1 Å². The minimum absolute atomic E-state index is 0.0706. The summed E-state index contributed by atoms with van der Waals surface area (Å²) in [5.74, 6) is 0.222. The fraction of sp³-hybridized carbons (Fsp3) is 0.235. The molecule has 0 aliphatic carbocycles. The summed E-state index contributed by atoms with van der Waals surface area (Å²) in [5, 5.41) is 0. The minimum Gasteiger partial charge on any atom is -0.341 e. The molecule has 0 atom stereocenters. The van der Waals surface area contributed by atoms with E-state index in [-0.39, 0.29) is 12.5 Å². The first kappa shape index (κ1) is 17.4. The number of hydrogen-bond acceptors (Lipinski definition) is 2. The highest BCUT2D eigenvalue weighted by molar-refractivity contribution is 8.00. The molecule has 23 heavy (non-hydrogen) atoms. The van der Waals surface area contributed by atoms with E-state index in [1.807, 2.05) is 30.3 Å². The van der Waals surface area contributed by atoms with Crippen LogP contribution in [0.3, 0.4) is 0 Å². The molecule has 0 aliphatic rings. The number of hydrogen-bond donors (Lipinski definition) is 0. The van der Waals surface area contributed by atoms with E-state index in [2.05, 4.69) is 0 Å². The molecule has 2 aromatic carbocycles. The summed E-state index contributed by atoms with van der Waals surface area (Å²) in [7, 11) is 1.64. The number of rotatable bonds is 5. The SMILES string of the molecule is CN(Cc1ccc(C(F)(F)F)cc1)C(=O)CSc1ccccc1. The highest BCUT2D eigenvalue weighted by Crippen LogP contribution is 2.29. The number of thioether (sulfide) groups is 1. The van der Waals surface area contributed by atoms with Gasteiger partial charge in [0.15, 0.2) is 0 Å². The Labute approximate surface area is 137 Å². The summed E-state index contributed by atoms with van der Waals surface area (Å²) in [4.78, 5) is 14.6. The van der Waals surface area contributed by atoms with Crippen molar-refractivity contribution in [2.75, 3.05) is 12.8 Å². The van der Waals surface area contributed by atoms with Gasteiger partial charge in [0.1, 0.15) is 0 Å². The second-order valence-electron chi connectivity index (χ2n) is 5.05. The van der Waals surface area contributed by atoms with Crippen LogP contribution in [-0.2, 0) is 17.5 Å². The zero-order valence-corrected chi connectivity index (χ0v) is 13.3. The topological polar surface area (TPSA) is 20.3 Å². The number of carbonyl (C=O) groups excluding carboxylic acids is 1. The van der Waals surface area contributed by atoms with Crippen LogP contribution < -0.4 is 0 Å². The Bertz CT molecular complexity index is 641. The number of amides is 1. The third kappa shape index (κ3) is 5.32. The molecule has 1 amide bonds. The minimum atomic E-state index is -4.34. The van der Waals surface area contributed by atoms with Crippen LogP contribution in [0.2, 0.25) is 0 Å². The lowest BCUT2D eigenvalue weighted by molar-refractivity contribution is -0.137. The summed E-state index contributed by atoms with van der Waals surface area (Å²) in [6, 6.07) is 14.4. The van der Waals surface area contributed by atoms with Crippen molar-refractivity contribution >= 4 is 17.7 Å². The summed E-state index contributed by atoms with van der Waals surface area (Å²) in [5.41, 5.74) is -0.0200. The molecule has 0 aliphatic heterocycles. The standard InChI is InChI=1S/C17H16F3NOS/c1-21(16(22)12-23-15-5-3-2-4-6-15)11-13-7-9-14(10-8-13)17(18,19)20/h2-10H,11-12H2,1H3. The Morgan fingerprint density at radius 1 is 1.04 bits per heavy atom. The molecule has 0 saturated heterocycles. The molecule has 0 saturated carbocycles. The lowest BCUT2D eigenvalue weighted by Gasteiger charge is -2.17. The van der Waals surface area contributed by atoms with Gasteiger partial charge in [-0.2, -0.15) is 13.2 Å². The average Bonchev–Trinajstić information content (AvgIpc) is 2.53. The van der Waals surface area contributed by atoms with E-state index in [0.717, 1.165) is 17.0 Å². The molecular formula is C17H16F3NOS. The van der Waals surface area contributed by atoms with Gasteiger partial charge in [-0.3, -0.25) is 4.79 Å². The van der Waals surface area contributed by atoms with Gasteiger partial charge in [-0.1, -0.05) is 30.3 Å². The van der Waals surface area contributed by atoms with Crippen molar-refractivity contribution in [1.29, 1.82) is 0 Å². The number of benzene rings is 2. The molecule has 0 heterocycles. The molecule has 122 valence electrons. The lowest BCUT2D eigenvalue weighted by atomic mass is 10.1. The van der Waals surface area contributed by atoms with E-state index >= 15 is 0 Å². The quantitative estimate of drug-likeness (QED) is 0.750. The zero-order chi connectivity index (χ0) is 16.9. The van der Waals surface area contributed by atoms with Crippen LogP contribution in [0.5, 0.6) is 0 Å². The smallest absolute Gasteiger partial charge is 0.341 e. The molecule has 0 spiro atoms. The van der Waals surface area contributed by atoms with Crippen LogP contribution in [-0.4, -0.2) is 23.6 Å². The van der Waals surface area contributed by atoms with Gasteiger partial charge < -0.3 is 4.90 Å². The van der Waals surface area contributed by atoms with E-state index in [0.29, 0.717) is 11.3 Å². The predicted molar refractivity (Wildman–Crippen MR) is 85.1 cm³/mol. The summed E-state index contributed by atoms with van der Waals surface area (Å²) < 4.78 is 37.5. The van der Waals surface area contributed by atoms with E-state index in [9.17, 15) is 18.0 Å². The van der Waals surface area contributed by atoms with Crippen LogP contribution in [0.4, 0.5) is 13.2 Å². The van der Waals surface area contributed by atoms with Gasteiger partial charge in [-0.15, -0.1) is 11.8 Å². The molecule has 0 fully saturated rings. The number of alkyl halides is 3. The number of halogens is 3. The molecule has 2 nitrogen and oxygen atoms in total. The van der Waals surface area contributed by atoms with Crippen LogP contribution in [0.25, 0.3) is 0 Å². The summed E-state index contributed by atoms with van der Waals surface area (Å²) in [6.45, 7) is 0.284. The zero-order valence-electron chi connectivity index (χ0n) is 12.5. The fourth-order valence-corrected chi connectivity index (χ4v) is 2.79. The number of nitrogens with zero attached hydrogens (tertiary/aromatic N) is 1. The van der Waals surface area contributed by atoms with E-state index in [4.69, 9.17) is 0 Å². The van der Waals surface area contributed by atoms with Gasteiger partial charge in [0.05, 0.1) is 11.3 Å². The highest BCUT2D eigenvalue weighted by atomic mass is 32.2. The van der Waals surface area contributed by atoms with Gasteiger partial charge in [0.2, 0.25) is 5.91 Å². The van der Waals surface area contributed by atoms with E-state index in [1.54, 1.807) is 7.05 Å². The predicted octanol–water partition coefficient (Wildman–Crippen LogP) is 4.46. The van der Waals surface area contributed by atoms with Crippen molar-refractivity contribution in [2.24, 2.45) is 0 Å². The maximum absolute atomic E-state index is 12.5. The van der Waals surface area contributed by atoms with Gasteiger partial charge in [-0.05, 0) is 29.8 Å². The third-order valence-corrected chi connectivity index (χ3v) is 4.23. The van der Waals surface area contributed by atoms with Crippen molar-refractivity contribution in [3.8, 4) is 0 Å². The largest absolute Gasteiger partial charge is 0.416 e. The molecule has 0 bridgehead atoms. The maximum Gasteiger partial charge on any atom is 0.416 e. The Morgan fingerprint density at radius 3 is 2.22 bits per heavy atom. The van der Waals surface area contributed by atoms with E-state index < -0.39 is 11.7 Å². The average molecular weight is 339 g/mol. The Hall–Kier alpha value is -1.95. The summed E-state index contributed by atoms with van der Waals surface area (Å²) >= 11 is 1.43. The van der Waals surface area contributed by atoms with Crippen molar-refractivity contribution in [3.05, 3.63) is 65.7 Å². The lowest BCUT2D eigenvalue weighted by Crippen LogP contribution is -2.27. The molecular weight excluding hydrogens is 323 g/mol. The first-order valence-corrected chi connectivity index (χ1v) is 7.93. The summed E-state index contributed by atoms with van der Waals surface area (Å²) in [6.07, 6.45) is -4.34. The van der Waals surface area contributed by atoms with Crippen molar-refractivity contribution in [1.82, 2.24) is 4.90 Å². The Balaban J connectivity index is 1.88.